The lowest BCUT2D eigenvalue weighted by Gasteiger charge is -2.20. The zero-order chi connectivity index (χ0) is 21.2. The van der Waals surface area contributed by atoms with Crippen molar-refractivity contribution < 1.29 is 19.1 Å². The Kier molecular flexibility index (Phi) is 7.69. The van der Waals surface area contributed by atoms with Crippen LogP contribution in [-0.4, -0.2) is 12.2 Å². The van der Waals surface area contributed by atoms with Gasteiger partial charge >= 0.3 is 12.2 Å². The average Bonchev–Trinajstić information content (AvgIpc) is 2.77. The van der Waals surface area contributed by atoms with Gasteiger partial charge in [0, 0.05) is 5.02 Å². The van der Waals surface area contributed by atoms with E-state index in [2.05, 4.69) is 10.6 Å². The van der Waals surface area contributed by atoms with Crippen LogP contribution in [0.1, 0.15) is 22.9 Å². The van der Waals surface area contributed by atoms with Crippen molar-refractivity contribution in [1.82, 2.24) is 10.6 Å². The molecule has 3 aromatic rings. The summed E-state index contributed by atoms with van der Waals surface area (Å²) in [6.45, 7) is 0.209. The molecule has 0 unspecified atom stereocenters. The number of carbonyl (C=O) groups excluding carboxylic acids is 2. The Labute approximate surface area is 179 Å². The van der Waals surface area contributed by atoms with Gasteiger partial charge in [0.05, 0.1) is 0 Å². The van der Waals surface area contributed by atoms with Crippen LogP contribution in [0, 0.1) is 0 Å². The van der Waals surface area contributed by atoms with Gasteiger partial charge in [-0.1, -0.05) is 84.4 Å². The lowest BCUT2D eigenvalue weighted by Crippen LogP contribution is -2.41. The fourth-order valence-electron chi connectivity index (χ4n) is 2.65. The SMILES string of the molecule is O=C(NC(NC(=O)OCc1ccccc1)c1cccc(Cl)c1)OCc1ccccc1. The van der Waals surface area contributed by atoms with E-state index in [1.165, 1.54) is 0 Å². The van der Waals surface area contributed by atoms with Gasteiger partial charge in [-0.3, -0.25) is 10.6 Å². The van der Waals surface area contributed by atoms with Crippen molar-refractivity contribution in [1.29, 1.82) is 0 Å². The molecule has 0 aliphatic heterocycles. The van der Waals surface area contributed by atoms with E-state index >= 15 is 0 Å². The molecule has 3 aromatic carbocycles. The standard InChI is InChI=1S/C23H21ClN2O4/c24-20-13-7-12-19(14-20)21(25-22(27)29-15-17-8-3-1-4-9-17)26-23(28)30-16-18-10-5-2-6-11-18/h1-14,21H,15-16H2,(H,25,27)(H,26,28). The predicted molar refractivity (Wildman–Crippen MR) is 114 cm³/mol. The van der Waals surface area contributed by atoms with E-state index in [1.807, 2.05) is 60.7 Å². The second kappa shape index (κ2) is 10.9. The van der Waals surface area contributed by atoms with Gasteiger partial charge in [0.25, 0.3) is 0 Å². The summed E-state index contributed by atoms with van der Waals surface area (Å²) < 4.78 is 10.5. The minimum absolute atomic E-state index is 0.105. The quantitative estimate of drug-likeness (QED) is 0.511. The third-order valence-corrected chi connectivity index (χ3v) is 4.37. The molecule has 7 heteroatoms. The molecular weight excluding hydrogens is 404 g/mol. The number of benzene rings is 3. The largest absolute Gasteiger partial charge is 0.445 e. The smallest absolute Gasteiger partial charge is 0.409 e. The Bertz CT molecular complexity index is 910. The number of nitrogens with one attached hydrogen (secondary N) is 2. The maximum absolute atomic E-state index is 12.3. The minimum atomic E-state index is -0.879. The third-order valence-electron chi connectivity index (χ3n) is 4.13. The molecule has 6 nitrogen and oxygen atoms in total. The van der Waals surface area contributed by atoms with E-state index in [9.17, 15) is 9.59 Å². The molecule has 3 rings (SSSR count). The molecule has 154 valence electrons. The summed E-state index contributed by atoms with van der Waals surface area (Å²) in [6, 6.07) is 25.4. The number of ether oxygens (including phenoxy) is 2. The van der Waals surface area contributed by atoms with Gasteiger partial charge in [0.1, 0.15) is 19.4 Å². The first-order chi connectivity index (χ1) is 14.6. The summed E-state index contributed by atoms with van der Waals surface area (Å²) in [6.07, 6.45) is -2.25. The molecule has 0 atom stereocenters. The van der Waals surface area contributed by atoms with Crippen LogP contribution >= 0.6 is 11.6 Å². The molecular formula is C23H21ClN2O4. The van der Waals surface area contributed by atoms with Gasteiger partial charge in [0.15, 0.2) is 0 Å². The number of hydrogen-bond donors (Lipinski definition) is 2. The Morgan fingerprint density at radius 3 is 1.70 bits per heavy atom. The van der Waals surface area contributed by atoms with Crippen LogP contribution < -0.4 is 10.6 Å². The van der Waals surface area contributed by atoms with Gasteiger partial charge in [0.2, 0.25) is 0 Å². The van der Waals surface area contributed by atoms with Crippen LogP contribution in [0.5, 0.6) is 0 Å². The van der Waals surface area contributed by atoms with Crippen LogP contribution in [0.15, 0.2) is 84.9 Å². The molecule has 0 fully saturated rings. The van der Waals surface area contributed by atoms with E-state index < -0.39 is 18.4 Å². The van der Waals surface area contributed by atoms with Crippen molar-refractivity contribution in [3.8, 4) is 0 Å². The highest BCUT2D eigenvalue weighted by Crippen LogP contribution is 2.17. The monoisotopic (exact) mass is 424 g/mol. The molecule has 2 N–H and O–H groups in total. The molecule has 2 amide bonds. The Hall–Kier alpha value is -3.51. The maximum Gasteiger partial charge on any atom is 0.409 e. The second-order valence-electron chi connectivity index (χ2n) is 6.40. The number of rotatable bonds is 7. The molecule has 0 spiro atoms. The molecule has 0 radical (unpaired) electrons. The first-order valence-corrected chi connectivity index (χ1v) is 9.68. The van der Waals surface area contributed by atoms with Crippen molar-refractivity contribution in [2.45, 2.75) is 19.4 Å². The summed E-state index contributed by atoms with van der Waals surface area (Å²) in [5.41, 5.74) is 2.28. The van der Waals surface area contributed by atoms with E-state index in [0.717, 1.165) is 11.1 Å². The van der Waals surface area contributed by atoms with Crippen molar-refractivity contribution in [2.24, 2.45) is 0 Å². The van der Waals surface area contributed by atoms with Crippen LogP contribution in [-0.2, 0) is 22.7 Å². The fourth-order valence-corrected chi connectivity index (χ4v) is 2.85. The zero-order valence-corrected chi connectivity index (χ0v) is 16.8. The first-order valence-electron chi connectivity index (χ1n) is 9.30. The number of hydrogen-bond acceptors (Lipinski definition) is 4. The van der Waals surface area contributed by atoms with Crippen LogP contribution in [0.4, 0.5) is 9.59 Å². The minimum Gasteiger partial charge on any atom is -0.445 e. The van der Waals surface area contributed by atoms with Crippen molar-refractivity contribution in [3.63, 3.8) is 0 Å². The molecule has 0 saturated carbocycles. The molecule has 0 aliphatic rings. The molecule has 0 saturated heterocycles. The summed E-state index contributed by atoms with van der Waals surface area (Å²) in [5, 5.41) is 5.73. The molecule has 0 aliphatic carbocycles. The number of carbonyl (C=O) groups is 2. The van der Waals surface area contributed by atoms with Gasteiger partial charge in [-0.25, -0.2) is 9.59 Å². The van der Waals surface area contributed by atoms with E-state index in [4.69, 9.17) is 21.1 Å². The normalized spacial score (nSPS) is 10.3. The Morgan fingerprint density at radius 1 is 0.733 bits per heavy atom. The maximum atomic E-state index is 12.3. The van der Waals surface area contributed by atoms with Gasteiger partial charge < -0.3 is 9.47 Å². The van der Waals surface area contributed by atoms with E-state index in [1.54, 1.807) is 24.3 Å². The lowest BCUT2D eigenvalue weighted by atomic mass is 10.2. The Balaban J connectivity index is 1.61. The van der Waals surface area contributed by atoms with Crippen LogP contribution in [0.2, 0.25) is 5.02 Å². The second-order valence-corrected chi connectivity index (χ2v) is 6.84. The highest BCUT2D eigenvalue weighted by Gasteiger charge is 2.19. The molecule has 0 bridgehead atoms. The summed E-state index contributed by atoms with van der Waals surface area (Å²) >= 11 is 6.06. The van der Waals surface area contributed by atoms with Gasteiger partial charge in [-0.15, -0.1) is 0 Å². The van der Waals surface area contributed by atoms with Crippen molar-refractivity contribution in [3.05, 3.63) is 107 Å². The first kappa shape index (κ1) is 21.2. The summed E-state index contributed by atoms with van der Waals surface area (Å²) in [5.74, 6) is 0. The van der Waals surface area contributed by atoms with E-state index in [0.29, 0.717) is 10.6 Å². The zero-order valence-electron chi connectivity index (χ0n) is 16.1. The summed E-state index contributed by atoms with van der Waals surface area (Å²) in [4.78, 5) is 24.6. The third kappa shape index (κ3) is 6.83. The summed E-state index contributed by atoms with van der Waals surface area (Å²) in [7, 11) is 0. The van der Waals surface area contributed by atoms with Crippen molar-refractivity contribution >= 4 is 23.8 Å². The van der Waals surface area contributed by atoms with Crippen molar-refractivity contribution in [2.75, 3.05) is 0 Å². The number of halogens is 1. The highest BCUT2D eigenvalue weighted by molar-refractivity contribution is 6.30. The van der Waals surface area contributed by atoms with Crippen LogP contribution in [0.25, 0.3) is 0 Å². The molecule has 0 heterocycles. The highest BCUT2D eigenvalue weighted by atomic mass is 35.5. The molecule has 0 aromatic heterocycles. The van der Waals surface area contributed by atoms with E-state index in [-0.39, 0.29) is 13.2 Å². The van der Waals surface area contributed by atoms with Crippen LogP contribution in [0.3, 0.4) is 0 Å². The van der Waals surface area contributed by atoms with Gasteiger partial charge in [-0.05, 0) is 28.8 Å². The topological polar surface area (TPSA) is 76.7 Å². The fraction of sp³-hybridized carbons (Fsp3) is 0.130. The lowest BCUT2D eigenvalue weighted by molar-refractivity contribution is 0.122. The predicted octanol–water partition coefficient (Wildman–Crippen LogP) is 5.19. The average molecular weight is 425 g/mol. The number of amides is 2. The van der Waals surface area contributed by atoms with Gasteiger partial charge in [-0.2, -0.15) is 0 Å². The Morgan fingerprint density at radius 2 is 1.23 bits per heavy atom. The molecule has 30 heavy (non-hydrogen) atoms. The number of alkyl carbamates (subject to hydrolysis) is 2.